The van der Waals surface area contributed by atoms with Gasteiger partial charge in [-0.05, 0) is 37.4 Å². The molecule has 1 aliphatic heterocycles. The number of carbonyl (C=O) groups is 2. The predicted molar refractivity (Wildman–Crippen MR) is 125 cm³/mol. The molecule has 7 nitrogen and oxygen atoms in total. The number of aliphatic carboxylic acids is 1. The van der Waals surface area contributed by atoms with Crippen molar-refractivity contribution in [3.63, 3.8) is 0 Å². The van der Waals surface area contributed by atoms with E-state index in [1.807, 2.05) is 25.2 Å². The van der Waals surface area contributed by atoms with Gasteiger partial charge in [0.25, 0.3) is 0 Å². The number of pyridine rings is 1. The van der Waals surface area contributed by atoms with Crippen LogP contribution in [0.2, 0.25) is 0 Å². The van der Waals surface area contributed by atoms with Gasteiger partial charge in [0.1, 0.15) is 16.1 Å². The number of carboxylic acid groups (broad SMARTS) is 1. The fourth-order valence-corrected chi connectivity index (χ4v) is 5.47. The SMILES string of the molecule is CC(C)N1c2sc(-c3ccsc3)nc2CC1C(=O)N(C)Cc1ccccn1.O=C(O)C(F)(F)F. The first kappa shape index (κ1) is 25.6. The normalized spacial score (nSPS) is 15.0. The molecule has 34 heavy (non-hydrogen) atoms. The molecular formula is C22H23F3N4O3S2. The lowest BCUT2D eigenvalue weighted by atomic mass is 10.1. The molecule has 0 bridgehead atoms. The summed E-state index contributed by atoms with van der Waals surface area (Å²) in [6, 6.07) is 7.93. The Hall–Kier alpha value is -2.99. The molecule has 0 saturated heterocycles. The highest BCUT2D eigenvalue weighted by molar-refractivity contribution is 7.19. The van der Waals surface area contributed by atoms with E-state index < -0.39 is 12.1 Å². The van der Waals surface area contributed by atoms with E-state index in [1.54, 1.807) is 33.8 Å². The van der Waals surface area contributed by atoms with Crippen LogP contribution in [0, 0.1) is 0 Å². The second-order valence-corrected chi connectivity index (χ2v) is 9.58. The van der Waals surface area contributed by atoms with E-state index in [1.165, 1.54) is 5.56 Å². The van der Waals surface area contributed by atoms with Crippen LogP contribution in [0.3, 0.4) is 0 Å². The van der Waals surface area contributed by atoms with Crippen LogP contribution < -0.4 is 4.90 Å². The van der Waals surface area contributed by atoms with Gasteiger partial charge < -0.3 is 14.9 Å². The monoisotopic (exact) mass is 512 g/mol. The van der Waals surface area contributed by atoms with Crippen LogP contribution in [0.5, 0.6) is 0 Å². The summed E-state index contributed by atoms with van der Waals surface area (Å²) < 4.78 is 31.7. The minimum Gasteiger partial charge on any atom is -0.475 e. The second kappa shape index (κ2) is 10.5. The van der Waals surface area contributed by atoms with Crippen molar-refractivity contribution < 1.29 is 27.9 Å². The summed E-state index contributed by atoms with van der Waals surface area (Å²) >= 11 is 3.37. The van der Waals surface area contributed by atoms with Crippen molar-refractivity contribution in [2.24, 2.45) is 0 Å². The first-order valence-corrected chi connectivity index (χ1v) is 12.0. The third-order valence-corrected chi connectivity index (χ3v) is 6.83. The molecule has 1 aliphatic rings. The number of hydrogen-bond donors (Lipinski definition) is 1. The summed E-state index contributed by atoms with van der Waals surface area (Å²) in [6.45, 7) is 4.79. The summed E-state index contributed by atoms with van der Waals surface area (Å²) in [6.07, 6.45) is -2.66. The van der Waals surface area contributed by atoms with Gasteiger partial charge in [-0.3, -0.25) is 9.78 Å². The fraction of sp³-hybridized carbons (Fsp3) is 0.364. The van der Waals surface area contributed by atoms with Crippen LogP contribution in [-0.2, 0) is 22.6 Å². The zero-order valence-corrected chi connectivity index (χ0v) is 20.2. The van der Waals surface area contributed by atoms with Crippen LogP contribution >= 0.6 is 22.7 Å². The zero-order valence-electron chi connectivity index (χ0n) is 18.6. The maximum absolute atomic E-state index is 13.2. The molecule has 0 spiro atoms. The lowest BCUT2D eigenvalue weighted by Crippen LogP contribution is -2.48. The number of fused-ring (bicyclic) bond motifs is 1. The molecule has 0 saturated carbocycles. The van der Waals surface area contributed by atoms with E-state index in [9.17, 15) is 18.0 Å². The molecule has 1 atom stereocenters. The number of alkyl halides is 3. The minimum atomic E-state index is -5.08. The standard InChI is InChI=1S/C20H22N4OS2.C2HF3O2/c1-13(2)24-17(19(25)23(3)11-15-6-4-5-8-21-15)10-16-20(24)27-18(22-16)14-7-9-26-12-14;3-2(4,5)1(6)7/h4-9,12-13,17H,10-11H2,1-3H3;(H,6,7). The minimum absolute atomic E-state index is 0.122. The number of likely N-dealkylation sites (N-methyl/N-ethyl adjacent to an activating group) is 1. The molecule has 3 aromatic rings. The highest BCUT2D eigenvalue weighted by atomic mass is 32.1. The number of thiazole rings is 1. The summed E-state index contributed by atoms with van der Waals surface area (Å²) in [5.74, 6) is -2.64. The van der Waals surface area contributed by atoms with E-state index in [4.69, 9.17) is 14.9 Å². The van der Waals surface area contributed by atoms with Crippen molar-refractivity contribution in [3.8, 4) is 10.6 Å². The Morgan fingerprint density at radius 1 is 1.29 bits per heavy atom. The van der Waals surface area contributed by atoms with E-state index in [0.29, 0.717) is 13.0 Å². The molecule has 3 aromatic heterocycles. The van der Waals surface area contributed by atoms with Gasteiger partial charge in [0.2, 0.25) is 5.91 Å². The van der Waals surface area contributed by atoms with Crippen LogP contribution in [-0.4, -0.2) is 57.2 Å². The number of aromatic nitrogens is 2. The highest BCUT2D eigenvalue weighted by Gasteiger charge is 2.40. The van der Waals surface area contributed by atoms with Gasteiger partial charge in [-0.2, -0.15) is 24.5 Å². The number of anilines is 1. The summed E-state index contributed by atoms with van der Waals surface area (Å²) in [5, 5.41) is 13.5. The van der Waals surface area contributed by atoms with Crippen molar-refractivity contribution >= 4 is 39.6 Å². The van der Waals surface area contributed by atoms with Crippen molar-refractivity contribution in [1.82, 2.24) is 14.9 Å². The average Bonchev–Trinajstić information content (AvgIpc) is 3.49. The topological polar surface area (TPSA) is 86.6 Å². The van der Waals surface area contributed by atoms with Crippen LogP contribution in [0.1, 0.15) is 25.2 Å². The first-order chi connectivity index (χ1) is 16.0. The number of carbonyl (C=O) groups excluding carboxylic acids is 1. The quantitative estimate of drug-likeness (QED) is 0.534. The van der Waals surface area contributed by atoms with Crippen molar-refractivity contribution in [2.45, 2.75) is 45.1 Å². The van der Waals surface area contributed by atoms with Crippen LogP contribution in [0.4, 0.5) is 18.2 Å². The summed E-state index contributed by atoms with van der Waals surface area (Å²) in [4.78, 5) is 35.3. The Morgan fingerprint density at radius 3 is 2.53 bits per heavy atom. The number of amides is 1. The van der Waals surface area contributed by atoms with Gasteiger partial charge in [0.05, 0.1) is 17.9 Å². The van der Waals surface area contributed by atoms with Crippen molar-refractivity contribution in [2.75, 3.05) is 11.9 Å². The first-order valence-electron chi connectivity index (χ1n) is 10.2. The molecule has 0 fully saturated rings. The molecule has 4 rings (SSSR count). The summed E-state index contributed by atoms with van der Waals surface area (Å²) in [5.41, 5.74) is 3.10. The zero-order chi connectivity index (χ0) is 25.0. The van der Waals surface area contributed by atoms with Crippen LogP contribution in [0.25, 0.3) is 10.6 Å². The molecule has 182 valence electrons. The third kappa shape index (κ3) is 5.92. The molecule has 1 unspecified atom stereocenters. The van der Waals surface area contributed by atoms with E-state index in [-0.39, 0.29) is 18.0 Å². The largest absolute Gasteiger partial charge is 0.490 e. The molecule has 0 aromatic carbocycles. The molecule has 1 N–H and O–H groups in total. The molecule has 4 heterocycles. The van der Waals surface area contributed by atoms with Gasteiger partial charge in [-0.1, -0.05) is 17.4 Å². The third-order valence-electron chi connectivity index (χ3n) is 4.99. The number of nitrogens with zero attached hydrogens (tertiary/aromatic N) is 4. The number of hydrogen-bond acceptors (Lipinski definition) is 7. The Kier molecular flexibility index (Phi) is 7.93. The number of halogens is 3. The Bertz CT molecular complexity index is 1120. The number of thiophene rings is 1. The second-order valence-electron chi connectivity index (χ2n) is 7.82. The average molecular weight is 513 g/mol. The van der Waals surface area contributed by atoms with Gasteiger partial charge in [0, 0.05) is 36.7 Å². The molecule has 12 heteroatoms. The summed E-state index contributed by atoms with van der Waals surface area (Å²) in [7, 11) is 1.85. The van der Waals surface area contributed by atoms with Gasteiger partial charge in [-0.15, -0.1) is 0 Å². The maximum Gasteiger partial charge on any atom is 0.490 e. The molecular weight excluding hydrogens is 489 g/mol. The maximum atomic E-state index is 13.2. The lowest BCUT2D eigenvalue weighted by molar-refractivity contribution is -0.192. The van der Waals surface area contributed by atoms with Gasteiger partial charge in [-0.25, -0.2) is 9.78 Å². The van der Waals surface area contributed by atoms with E-state index in [2.05, 4.69) is 40.6 Å². The Morgan fingerprint density at radius 2 is 2.00 bits per heavy atom. The van der Waals surface area contributed by atoms with Crippen molar-refractivity contribution in [3.05, 3.63) is 52.6 Å². The Labute approximate surface area is 202 Å². The smallest absolute Gasteiger partial charge is 0.475 e. The van der Waals surface area contributed by atoms with E-state index in [0.717, 1.165) is 21.4 Å². The molecule has 1 amide bonds. The fourth-order valence-electron chi connectivity index (χ4n) is 3.48. The number of rotatable bonds is 5. The van der Waals surface area contributed by atoms with Crippen molar-refractivity contribution in [1.29, 1.82) is 0 Å². The number of carboxylic acids is 1. The van der Waals surface area contributed by atoms with Crippen LogP contribution in [0.15, 0.2) is 41.2 Å². The molecule has 0 radical (unpaired) electrons. The van der Waals surface area contributed by atoms with E-state index >= 15 is 0 Å². The highest BCUT2D eigenvalue weighted by Crippen LogP contribution is 2.42. The lowest BCUT2D eigenvalue weighted by Gasteiger charge is -2.32. The molecule has 0 aliphatic carbocycles. The Balaban J connectivity index is 0.000000406. The van der Waals surface area contributed by atoms with Gasteiger partial charge in [0.15, 0.2) is 0 Å². The predicted octanol–water partition coefficient (Wildman–Crippen LogP) is 4.70. The van der Waals surface area contributed by atoms with Gasteiger partial charge >= 0.3 is 12.1 Å².